The molecule has 1 fully saturated rings. The first kappa shape index (κ1) is 19.4. The molecule has 1 atom stereocenters. The predicted octanol–water partition coefficient (Wildman–Crippen LogP) is 1.44. The number of aryl methyl sites for hydroxylation is 1. The molecule has 1 aromatic carbocycles. The van der Waals surface area contributed by atoms with E-state index in [1.807, 2.05) is 13.8 Å². The highest BCUT2D eigenvalue weighted by Crippen LogP contribution is 2.25. The van der Waals surface area contributed by atoms with Gasteiger partial charge in [-0.1, -0.05) is 6.07 Å². The van der Waals surface area contributed by atoms with E-state index in [2.05, 4.69) is 5.32 Å². The summed E-state index contributed by atoms with van der Waals surface area (Å²) in [7, 11) is -0.667. The molecular weight excluding hydrogens is 342 g/mol. The number of sulfonamides is 1. The number of amides is 2. The number of nitrogens with one attached hydrogen (secondary N) is 1. The van der Waals surface area contributed by atoms with Crippen molar-refractivity contribution in [1.29, 1.82) is 0 Å². The summed E-state index contributed by atoms with van der Waals surface area (Å²) in [6, 6.07) is 4.69. The van der Waals surface area contributed by atoms with Gasteiger partial charge >= 0.3 is 0 Å². The first-order valence-corrected chi connectivity index (χ1v) is 9.61. The van der Waals surface area contributed by atoms with Crippen LogP contribution in [0.4, 0.5) is 5.69 Å². The minimum absolute atomic E-state index is 0.0317. The molecule has 1 heterocycles. The number of benzene rings is 1. The standard InChI is InChI=1S/C17H25N3O4S/c1-11(2)20-10-13(8-16(20)21)17(22)18-15-9-14(7-6-12(15)3)25(23,24)19(4)5/h6-7,9,11,13H,8,10H2,1-5H3,(H,18,22). The van der Waals surface area contributed by atoms with Crippen molar-refractivity contribution in [3.63, 3.8) is 0 Å². The van der Waals surface area contributed by atoms with Crippen LogP contribution in [0.15, 0.2) is 23.1 Å². The van der Waals surface area contributed by atoms with Crippen molar-refractivity contribution >= 4 is 27.5 Å². The fourth-order valence-electron chi connectivity index (χ4n) is 2.75. The normalized spacial score (nSPS) is 18.3. The number of rotatable bonds is 5. The van der Waals surface area contributed by atoms with Crippen molar-refractivity contribution in [2.45, 2.75) is 38.1 Å². The van der Waals surface area contributed by atoms with Crippen LogP contribution in [-0.2, 0) is 19.6 Å². The number of likely N-dealkylation sites (tertiary alicyclic amines) is 1. The lowest BCUT2D eigenvalue weighted by molar-refractivity contribution is -0.129. The Morgan fingerprint density at radius 1 is 1.32 bits per heavy atom. The summed E-state index contributed by atoms with van der Waals surface area (Å²) in [6.45, 7) is 6.01. The van der Waals surface area contributed by atoms with Crippen LogP contribution in [-0.4, -0.2) is 56.1 Å². The quantitative estimate of drug-likeness (QED) is 0.853. The molecule has 2 amide bonds. The number of carbonyl (C=O) groups excluding carboxylic acids is 2. The Hall–Kier alpha value is -1.93. The van der Waals surface area contributed by atoms with E-state index in [9.17, 15) is 18.0 Å². The molecule has 0 radical (unpaired) electrons. The summed E-state index contributed by atoms with van der Waals surface area (Å²) in [4.78, 5) is 26.3. The first-order chi connectivity index (χ1) is 11.5. The average Bonchev–Trinajstić information content (AvgIpc) is 2.91. The fraction of sp³-hybridized carbons (Fsp3) is 0.529. The summed E-state index contributed by atoms with van der Waals surface area (Å²) in [5.74, 6) is -0.724. The van der Waals surface area contributed by atoms with Crippen molar-refractivity contribution in [2.24, 2.45) is 5.92 Å². The third-order valence-electron chi connectivity index (χ3n) is 4.40. The van der Waals surface area contributed by atoms with Gasteiger partial charge in [-0.2, -0.15) is 0 Å². The van der Waals surface area contributed by atoms with E-state index in [1.54, 1.807) is 17.9 Å². The van der Waals surface area contributed by atoms with Crippen LogP contribution >= 0.6 is 0 Å². The van der Waals surface area contributed by atoms with E-state index < -0.39 is 15.9 Å². The van der Waals surface area contributed by atoms with Crippen molar-refractivity contribution in [3.8, 4) is 0 Å². The minimum atomic E-state index is -3.58. The van der Waals surface area contributed by atoms with Crippen LogP contribution in [0.5, 0.6) is 0 Å². The number of nitrogens with zero attached hydrogens (tertiary/aromatic N) is 2. The monoisotopic (exact) mass is 367 g/mol. The number of anilines is 1. The van der Waals surface area contributed by atoms with E-state index in [4.69, 9.17) is 0 Å². The molecule has 0 aromatic heterocycles. The summed E-state index contributed by atoms with van der Waals surface area (Å²) >= 11 is 0. The maximum atomic E-state index is 12.5. The number of hydrogen-bond donors (Lipinski definition) is 1. The van der Waals surface area contributed by atoms with Crippen LogP contribution in [0.2, 0.25) is 0 Å². The van der Waals surface area contributed by atoms with E-state index in [0.29, 0.717) is 12.2 Å². The van der Waals surface area contributed by atoms with Gasteiger partial charge in [0.1, 0.15) is 0 Å². The minimum Gasteiger partial charge on any atom is -0.339 e. The molecule has 138 valence electrons. The summed E-state index contributed by atoms with van der Waals surface area (Å²) in [6.07, 6.45) is 0.179. The molecule has 1 aromatic rings. The number of carbonyl (C=O) groups is 2. The Labute approximate surface area is 149 Å². The maximum absolute atomic E-state index is 12.5. The molecule has 1 saturated heterocycles. The first-order valence-electron chi connectivity index (χ1n) is 8.17. The van der Waals surface area contributed by atoms with Crippen molar-refractivity contribution < 1.29 is 18.0 Å². The second kappa shape index (κ2) is 7.13. The van der Waals surface area contributed by atoms with Gasteiger partial charge in [0.15, 0.2) is 0 Å². The Balaban J connectivity index is 2.21. The van der Waals surface area contributed by atoms with Gasteiger partial charge in [0, 0.05) is 38.8 Å². The largest absolute Gasteiger partial charge is 0.339 e. The molecule has 1 aliphatic heterocycles. The smallest absolute Gasteiger partial charge is 0.242 e. The van der Waals surface area contributed by atoms with Gasteiger partial charge in [-0.05, 0) is 38.5 Å². The van der Waals surface area contributed by atoms with E-state index in [0.717, 1.165) is 9.87 Å². The van der Waals surface area contributed by atoms with Gasteiger partial charge in [-0.3, -0.25) is 9.59 Å². The highest BCUT2D eigenvalue weighted by molar-refractivity contribution is 7.89. The molecule has 1 aliphatic rings. The van der Waals surface area contributed by atoms with Crippen LogP contribution in [0.25, 0.3) is 0 Å². The van der Waals surface area contributed by atoms with E-state index in [1.165, 1.54) is 26.2 Å². The summed E-state index contributed by atoms with van der Waals surface area (Å²) in [5.41, 5.74) is 1.21. The van der Waals surface area contributed by atoms with Gasteiger partial charge in [-0.15, -0.1) is 0 Å². The van der Waals surface area contributed by atoms with Crippen LogP contribution in [0, 0.1) is 12.8 Å². The van der Waals surface area contributed by atoms with E-state index >= 15 is 0 Å². The second-order valence-corrected chi connectivity index (χ2v) is 8.95. The van der Waals surface area contributed by atoms with Crippen LogP contribution < -0.4 is 5.32 Å². The van der Waals surface area contributed by atoms with Crippen LogP contribution in [0.1, 0.15) is 25.8 Å². The predicted molar refractivity (Wildman–Crippen MR) is 95.6 cm³/mol. The van der Waals surface area contributed by atoms with Gasteiger partial charge in [0.25, 0.3) is 0 Å². The molecular formula is C17H25N3O4S. The van der Waals surface area contributed by atoms with Crippen LogP contribution in [0.3, 0.4) is 0 Å². The van der Waals surface area contributed by atoms with E-state index in [-0.39, 0.29) is 29.2 Å². The zero-order valence-electron chi connectivity index (χ0n) is 15.2. The highest BCUT2D eigenvalue weighted by atomic mass is 32.2. The number of hydrogen-bond acceptors (Lipinski definition) is 4. The highest BCUT2D eigenvalue weighted by Gasteiger charge is 2.35. The van der Waals surface area contributed by atoms with Crippen molar-refractivity contribution in [3.05, 3.63) is 23.8 Å². The summed E-state index contributed by atoms with van der Waals surface area (Å²) in [5, 5.41) is 2.78. The molecule has 0 saturated carbocycles. The molecule has 0 bridgehead atoms. The zero-order valence-corrected chi connectivity index (χ0v) is 16.1. The average molecular weight is 367 g/mol. The molecule has 1 unspecified atom stereocenters. The molecule has 2 rings (SSSR count). The third-order valence-corrected chi connectivity index (χ3v) is 6.21. The van der Waals surface area contributed by atoms with Crippen molar-refractivity contribution in [1.82, 2.24) is 9.21 Å². The fourth-order valence-corrected chi connectivity index (χ4v) is 3.68. The SMILES string of the molecule is Cc1ccc(S(=O)(=O)N(C)C)cc1NC(=O)C1CC(=O)N(C(C)C)C1. The Kier molecular flexibility index (Phi) is 5.53. The lowest BCUT2D eigenvalue weighted by Gasteiger charge is -2.21. The summed E-state index contributed by atoms with van der Waals surface area (Å²) < 4.78 is 25.6. The zero-order chi connectivity index (χ0) is 18.9. The Morgan fingerprint density at radius 2 is 1.96 bits per heavy atom. The topological polar surface area (TPSA) is 86.8 Å². The third kappa shape index (κ3) is 4.01. The molecule has 0 spiro atoms. The molecule has 25 heavy (non-hydrogen) atoms. The van der Waals surface area contributed by atoms with Gasteiger partial charge in [0.2, 0.25) is 21.8 Å². The van der Waals surface area contributed by atoms with Gasteiger partial charge in [0.05, 0.1) is 10.8 Å². The lowest BCUT2D eigenvalue weighted by atomic mass is 10.1. The molecule has 0 aliphatic carbocycles. The van der Waals surface area contributed by atoms with Gasteiger partial charge in [-0.25, -0.2) is 12.7 Å². The Bertz CT molecular complexity index is 787. The van der Waals surface area contributed by atoms with Gasteiger partial charge < -0.3 is 10.2 Å². The molecule has 8 heteroatoms. The molecule has 1 N–H and O–H groups in total. The lowest BCUT2D eigenvalue weighted by Crippen LogP contribution is -2.33. The van der Waals surface area contributed by atoms with Crippen molar-refractivity contribution in [2.75, 3.05) is 26.0 Å². The molecule has 7 nitrogen and oxygen atoms in total. The maximum Gasteiger partial charge on any atom is 0.242 e. The second-order valence-electron chi connectivity index (χ2n) is 6.79. The Morgan fingerprint density at radius 3 is 2.48 bits per heavy atom.